The number of aliphatic imine (C=N–C) groups is 1. The van der Waals surface area contributed by atoms with Crippen LogP contribution in [-0.4, -0.2) is 5.96 Å². The van der Waals surface area contributed by atoms with E-state index in [1.165, 1.54) is 12.1 Å². The molecular formula is C13H13FN4. The summed E-state index contributed by atoms with van der Waals surface area (Å²) in [4.78, 5) is 4.22. The zero-order valence-electron chi connectivity index (χ0n) is 9.60. The number of nitrogens with one attached hydrogen (secondary N) is 2. The molecule has 18 heavy (non-hydrogen) atoms. The van der Waals surface area contributed by atoms with Crippen LogP contribution in [0.2, 0.25) is 0 Å². The lowest BCUT2D eigenvalue weighted by Gasteiger charge is -2.08. The Labute approximate surface area is 104 Å². The molecule has 2 aromatic carbocycles. The maximum Gasteiger partial charge on any atom is 0.215 e. The van der Waals surface area contributed by atoms with Crippen LogP contribution < -0.4 is 16.6 Å². The van der Waals surface area contributed by atoms with Crippen molar-refractivity contribution in [1.82, 2.24) is 5.43 Å². The number of rotatable bonds is 2. The molecule has 0 saturated heterocycles. The fourth-order valence-electron chi connectivity index (χ4n) is 1.40. The molecule has 0 aliphatic rings. The summed E-state index contributed by atoms with van der Waals surface area (Å²) < 4.78 is 12.7. The van der Waals surface area contributed by atoms with Crippen LogP contribution in [0, 0.1) is 5.82 Å². The highest BCUT2D eigenvalue weighted by molar-refractivity contribution is 5.94. The lowest BCUT2D eigenvalue weighted by molar-refractivity contribution is 0.628. The average Bonchev–Trinajstić information content (AvgIpc) is 2.41. The van der Waals surface area contributed by atoms with Crippen LogP contribution in [0.5, 0.6) is 0 Å². The van der Waals surface area contributed by atoms with Crippen molar-refractivity contribution < 1.29 is 4.39 Å². The van der Waals surface area contributed by atoms with Crippen molar-refractivity contribution in [3.05, 3.63) is 60.4 Å². The number of anilines is 1. The van der Waals surface area contributed by atoms with E-state index in [2.05, 4.69) is 15.7 Å². The highest BCUT2D eigenvalue weighted by Crippen LogP contribution is 2.13. The number of nitrogens with zero attached hydrogens (tertiary/aromatic N) is 1. The van der Waals surface area contributed by atoms with Crippen LogP contribution in [0.25, 0.3) is 0 Å². The van der Waals surface area contributed by atoms with Gasteiger partial charge < -0.3 is 5.32 Å². The molecule has 0 unspecified atom stereocenters. The van der Waals surface area contributed by atoms with Gasteiger partial charge in [-0.25, -0.2) is 15.2 Å². The first-order valence-electron chi connectivity index (χ1n) is 5.41. The third kappa shape index (κ3) is 3.29. The van der Waals surface area contributed by atoms with Gasteiger partial charge in [-0.15, -0.1) is 0 Å². The zero-order valence-corrected chi connectivity index (χ0v) is 9.60. The Balaban J connectivity index is 2.15. The minimum atomic E-state index is -0.299. The number of para-hydroxylation sites is 1. The zero-order chi connectivity index (χ0) is 12.8. The minimum absolute atomic E-state index is 0.299. The third-order valence-corrected chi connectivity index (χ3v) is 2.24. The first-order valence-corrected chi connectivity index (χ1v) is 5.41. The first kappa shape index (κ1) is 12.1. The van der Waals surface area contributed by atoms with Crippen molar-refractivity contribution >= 4 is 17.3 Å². The van der Waals surface area contributed by atoms with E-state index in [9.17, 15) is 4.39 Å². The van der Waals surface area contributed by atoms with Gasteiger partial charge in [-0.2, -0.15) is 0 Å². The molecule has 0 saturated carbocycles. The monoisotopic (exact) mass is 244 g/mol. The van der Waals surface area contributed by atoms with Gasteiger partial charge in [-0.05, 0) is 36.4 Å². The van der Waals surface area contributed by atoms with Crippen LogP contribution in [-0.2, 0) is 0 Å². The Morgan fingerprint density at radius 3 is 2.28 bits per heavy atom. The Bertz CT molecular complexity index is 522. The molecule has 0 spiro atoms. The van der Waals surface area contributed by atoms with E-state index in [-0.39, 0.29) is 5.82 Å². The summed E-state index contributed by atoms with van der Waals surface area (Å²) in [5.74, 6) is 5.46. The predicted molar refractivity (Wildman–Crippen MR) is 70.9 cm³/mol. The van der Waals surface area contributed by atoms with Crippen LogP contribution in [0.15, 0.2) is 59.6 Å². The van der Waals surface area contributed by atoms with E-state index in [4.69, 9.17) is 5.84 Å². The Hall–Kier alpha value is -2.40. The first-order chi connectivity index (χ1) is 8.78. The van der Waals surface area contributed by atoms with Gasteiger partial charge in [0.25, 0.3) is 0 Å². The molecule has 0 aliphatic heterocycles. The van der Waals surface area contributed by atoms with Gasteiger partial charge in [0.2, 0.25) is 5.96 Å². The Kier molecular flexibility index (Phi) is 3.88. The average molecular weight is 244 g/mol. The number of halogens is 1. The van der Waals surface area contributed by atoms with Gasteiger partial charge in [0.05, 0.1) is 5.69 Å². The van der Waals surface area contributed by atoms with E-state index in [0.29, 0.717) is 11.6 Å². The van der Waals surface area contributed by atoms with Crippen molar-refractivity contribution in [3.8, 4) is 0 Å². The summed E-state index contributed by atoms with van der Waals surface area (Å²) in [7, 11) is 0. The second-order valence-corrected chi connectivity index (χ2v) is 3.57. The van der Waals surface area contributed by atoms with Gasteiger partial charge in [0.15, 0.2) is 0 Å². The number of benzene rings is 2. The Morgan fingerprint density at radius 1 is 1.00 bits per heavy atom. The molecule has 2 aromatic rings. The number of guanidine groups is 1. The molecule has 4 N–H and O–H groups in total. The number of nitrogens with two attached hydrogens (primary N) is 1. The highest BCUT2D eigenvalue weighted by atomic mass is 19.1. The van der Waals surface area contributed by atoms with Crippen molar-refractivity contribution in [2.75, 3.05) is 5.32 Å². The standard InChI is InChI=1S/C13H13FN4/c14-10-6-8-12(9-7-10)17-13(18-15)16-11-4-2-1-3-5-11/h1-9H,15H2,(H2,16,17,18). The number of hydrogen-bond acceptors (Lipinski definition) is 2. The topological polar surface area (TPSA) is 62.4 Å². The lowest BCUT2D eigenvalue weighted by Crippen LogP contribution is -2.35. The maximum absolute atomic E-state index is 12.7. The molecule has 0 fully saturated rings. The summed E-state index contributed by atoms with van der Waals surface area (Å²) >= 11 is 0. The molecule has 0 aliphatic carbocycles. The van der Waals surface area contributed by atoms with E-state index in [1.807, 2.05) is 30.3 Å². The van der Waals surface area contributed by atoms with Crippen LogP contribution >= 0.6 is 0 Å². The molecule has 0 bridgehead atoms. The molecule has 0 aromatic heterocycles. The lowest BCUT2D eigenvalue weighted by atomic mass is 10.3. The van der Waals surface area contributed by atoms with Crippen molar-refractivity contribution in [3.63, 3.8) is 0 Å². The molecule has 92 valence electrons. The van der Waals surface area contributed by atoms with E-state index in [0.717, 1.165) is 5.69 Å². The van der Waals surface area contributed by atoms with Crippen molar-refractivity contribution in [2.45, 2.75) is 0 Å². The Morgan fingerprint density at radius 2 is 1.67 bits per heavy atom. The van der Waals surface area contributed by atoms with E-state index < -0.39 is 0 Å². The van der Waals surface area contributed by atoms with E-state index >= 15 is 0 Å². The molecule has 2 rings (SSSR count). The fraction of sp³-hybridized carbons (Fsp3) is 0. The normalized spacial score (nSPS) is 11.1. The summed E-state index contributed by atoms with van der Waals surface area (Å²) in [5, 5.41) is 3.01. The molecule has 0 radical (unpaired) electrons. The molecule has 0 amide bonds. The van der Waals surface area contributed by atoms with Crippen LogP contribution in [0.1, 0.15) is 0 Å². The molecule has 0 atom stereocenters. The van der Waals surface area contributed by atoms with Gasteiger partial charge in [-0.3, -0.25) is 5.43 Å². The SMILES string of the molecule is NNC(=Nc1ccc(F)cc1)Nc1ccccc1. The quantitative estimate of drug-likeness (QED) is 0.329. The predicted octanol–water partition coefficient (Wildman–Crippen LogP) is 2.39. The fourth-order valence-corrected chi connectivity index (χ4v) is 1.40. The third-order valence-electron chi connectivity index (χ3n) is 2.24. The second-order valence-electron chi connectivity index (χ2n) is 3.57. The van der Waals surface area contributed by atoms with Crippen molar-refractivity contribution in [1.29, 1.82) is 0 Å². The minimum Gasteiger partial charge on any atom is -0.325 e. The smallest absolute Gasteiger partial charge is 0.215 e. The van der Waals surface area contributed by atoms with Gasteiger partial charge >= 0.3 is 0 Å². The van der Waals surface area contributed by atoms with Crippen LogP contribution in [0.4, 0.5) is 15.8 Å². The van der Waals surface area contributed by atoms with Crippen LogP contribution in [0.3, 0.4) is 0 Å². The summed E-state index contributed by atoms with van der Waals surface area (Å²) in [6, 6.07) is 15.3. The molecule has 0 heterocycles. The molecule has 5 heteroatoms. The number of hydrazine groups is 1. The summed E-state index contributed by atoms with van der Waals surface area (Å²) in [6.45, 7) is 0. The number of hydrogen-bond donors (Lipinski definition) is 3. The van der Waals surface area contributed by atoms with Gasteiger partial charge in [0, 0.05) is 5.69 Å². The second kappa shape index (κ2) is 5.79. The van der Waals surface area contributed by atoms with E-state index in [1.54, 1.807) is 12.1 Å². The molecular weight excluding hydrogens is 231 g/mol. The highest BCUT2D eigenvalue weighted by Gasteiger charge is 1.98. The maximum atomic E-state index is 12.7. The molecule has 4 nitrogen and oxygen atoms in total. The van der Waals surface area contributed by atoms with Crippen molar-refractivity contribution in [2.24, 2.45) is 10.8 Å². The largest absolute Gasteiger partial charge is 0.325 e. The summed E-state index contributed by atoms with van der Waals surface area (Å²) in [6.07, 6.45) is 0. The summed E-state index contributed by atoms with van der Waals surface area (Å²) in [5.41, 5.74) is 3.92. The van der Waals surface area contributed by atoms with Gasteiger partial charge in [0.1, 0.15) is 5.82 Å². The van der Waals surface area contributed by atoms with Gasteiger partial charge in [-0.1, -0.05) is 18.2 Å².